The van der Waals surface area contributed by atoms with Crippen LogP contribution in [0, 0.1) is 13.8 Å². The average Bonchev–Trinajstić information content (AvgIpc) is 3.30. The highest BCUT2D eigenvalue weighted by atomic mass is 19.4. The number of halogens is 3. The van der Waals surface area contributed by atoms with Crippen LogP contribution in [0.2, 0.25) is 0 Å². The van der Waals surface area contributed by atoms with Gasteiger partial charge in [-0.15, -0.1) is 0 Å². The van der Waals surface area contributed by atoms with Crippen molar-refractivity contribution in [3.05, 3.63) is 28.7 Å². The summed E-state index contributed by atoms with van der Waals surface area (Å²) in [7, 11) is 0. The Labute approximate surface area is 179 Å². The molecule has 3 atom stereocenters. The number of H-pyrrole nitrogens is 1. The second-order valence-corrected chi connectivity index (χ2v) is 8.63. The zero-order valence-electron chi connectivity index (χ0n) is 18.1. The fraction of sp³-hybridized carbons (Fsp3) is 0.667. The molecule has 1 amide bonds. The van der Waals surface area contributed by atoms with Crippen molar-refractivity contribution in [2.75, 3.05) is 11.9 Å². The highest BCUT2D eigenvalue weighted by molar-refractivity contribution is 5.80. The molecule has 0 aliphatic carbocycles. The zero-order chi connectivity index (χ0) is 22.3. The SMILES string of the molecule is CC[C@@H]1C[C@@H](C(F)(F)F)n2nc([C@H]3CCCCN3C(=O)Cc3c(C)n[nH]c3C)cc2N1. The molecule has 0 spiro atoms. The van der Waals surface area contributed by atoms with Crippen molar-refractivity contribution in [2.45, 2.75) is 83.6 Å². The third-order valence-corrected chi connectivity index (χ3v) is 6.55. The fourth-order valence-electron chi connectivity index (χ4n) is 4.72. The second kappa shape index (κ2) is 8.20. The van der Waals surface area contributed by atoms with Gasteiger partial charge in [0, 0.05) is 29.9 Å². The maximum Gasteiger partial charge on any atom is 0.410 e. The molecule has 7 nitrogen and oxygen atoms in total. The van der Waals surface area contributed by atoms with Gasteiger partial charge in [-0.1, -0.05) is 6.92 Å². The Morgan fingerprint density at radius 1 is 1.29 bits per heavy atom. The van der Waals surface area contributed by atoms with Crippen LogP contribution in [-0.2, 0) is 11.2 Å². The fourth-order valence-corrected chi connectivity index (χ4v) is 4.72. The number of hydrogen-bond acceptors (Lipinski definition) is 4. The number of fused-ring (bicyclic) bond motifs is 1. The Morgan fingerprint density at radius 2 is 2.06 bits per heavy atom. The van der Waals surface area contributed by atoms with Crippen molar-refractivity contribution in [3.8, 4) is 0 Å². The monoisotopic (exact) mass is 438 g/mol. The number of likely N-dealkylation sites (tertiary alicyclic amines) is 1. The molecule has 1 fully saturated rings. The normalized spacial score (nSPS) is 24.1. The lowest BCUT2D eigenvalue weighted by Crippen LogP contribution is -2.40. The summed E-state index contributed by atoms with van der Waals surface area (Å²) < 4.78 is 42.2. The van der Waals surface area contributed by atoms with Gasteiger partial charge in [0.05, 0.1) is 23.9 Å². The van der Waals surface area contributed by atoms with Crippen LogP contribution >= 0.6 is 0 Å². The molecule has 0 aromatic carbocycles. The number of carbonyl (C=O) groups excluding carboxylic acids is 1. The van der Waals surface area contributed by atoms with Crippen LogP contribution in [0.1, 0.15) is 73.8 Å². The van der Waals surface area contributed by atoms with Crippen LogP contribution < -0.4 is 5.32 Å². The van der Waals surface area contributed by atoms with Gasteiger partial charge in [-0.3, -0.25) is 9.89 Å². The van der Waals surface area contributed by atoms with Crippen molar-refractivity contribution < 1.29 is 18.0 Å². The lowest BCUT2D eigenvalue weighted by Gasteiger charge is -2.35. The molecule has 4 heterocycles. The first-order valence-electron chi connectivity index (χ1n) is 10.9. The summed E-state index contributed by atoms with van der Waals surface area (Å²) in [4.78, 5) is 15.0. The van der Waals surface area contributed by atoms with Crippen LogP contribution in [0.25, 0.3) is 0 Å². The summed E-state index contributed by atoms with van der Waals surface area (Å²) in [5, 5.41) is 14.6. The van der Waals surface area contributed by atoms with E-state index in [-0.39, 0.29) is 30.8 Å². The number of hydrogen-bond donors (Lipinski definition) is 2. The predicted molar refractivity (Wildman–Crippen MR) is 110 cm³/mol. The Balaban J connectivity index is 1.62. The largest absolute Gasteiger partial charge is 0.410 e. The second-order valence-electron chi connectivity index (χ2n) is 8.63. The van der Waals surface area contributed by atoms with E-state index in [4.69, 9.17) is 0 Å². The standard InChI is InChI=1S/C21H29F3N6O/c1-4-14-9-18(21(22,23)24)30-19(25-14)11-16(28-30)17-7-5-6-8-29(17)20(31)10-15-12(2)26-27-13(15)3/h11,14,17-18,25H,4-10H2,1-3H3,(H,26,27)/t14-,17-,18+/m1/s1. The summed E-state index contributed by atoms with van der Waals surface area (Å²) >= 11 is 0. The maximum absolute atomic E-state index is 13.7. The van der Waals surface area contributed by atoms with E-state index >= 15 is 0 Å². The van der Waals surface area contributed by atoms with Gasteiger partial charge in [-0.2, -0.15) is 23.4 Å². The van der Waals surface area contributed by atoms with E-state index in [1.54, 1.807) is 11.0 Å². The van der Waals surface area contributed by atoms with Gasteiger partial charge >= 0.3 is 6.18 Å². The number of nitrogens with one attached hydrogen (secondary N) is 2. The molecule has 2 aliphatic rings. The van der Waals surface area contributed by atoms with E-state index in [1.807, 2.05) is 20.8 Å². The molecule has 0 saturated carbocycles. The molecule has 2 aromatic rings. The Morgan fingerprint density at radius 3 is 2.71 bits per heavy atom. The van der Waals surface area contributed by atoms with Gasteiger partial charge in [0.15, 0.2) is 6.04 Å². The summed E-state index contributed by atoms with van der Waals surface area (Å²) in [6.07, 6.45) is -1.11. The van der Waals surface area contributed by atoms with Crippen molar-refractivity contribution in [2.24, 2.45) is 0 Å². The van der Waals surface area contributed by atoms with Gasteiger partial charge < -0.3 is 10.2 Å². The number of alkyl halides is 3. The first-order valence-corrected chi connectivity index (χ1v) is 10.9. The van der Waals surface area contributed by atoms with Gasteiger partial charge in [0.1, 0.15) is 5.82 Å². The summed E-state index contributed by atoms with van der Waals surface area (Å²) in [6.45, 7) is 6.19. The molecule has 170 valence electrons. The molecule has 4 rings (SSSR count). The number of aryl methyl sites for hydroxylation is 2. The van der Waals surface area contributed by atoms with Gasteiger partial charge in [0.2, 0.25) is 5.91 Å². The van der Waals surface area contributed by atoms with Gasteiger partial charge in [-0.25, -0.2) is 4.68 Å². The highest BCUT2D eigenvalue weighted by Crippen LogP contribution is 2.42. The number of aromatic amines is 1. The first-order chi connectivity index (χ1) is 14.7. The van der Waals surface area contributed by atoms with E-state index in [0.29, 0.717) is 30.9 Å². The molecule has 1 saturated heterocycles. The number of piperidine rings is 1. The van der Waals surface area contributed by atoms with E-state index < -0.39 is 12.2 Å². The third kappa shape index (κ3) is 4.16. The Kier molecular flexibility index (Phi) is 5.74. The molecule has 2 N–H and O–H groups in total. The quantitative estimate of drug-likeness (QED) is 0.749. The molecule has 0 unspecified atom stereocenters. The average molecular weight is 438 g/mol. The molecular weight excluding hydrogens is 409 g/mol. The summed E-state index contributed by atoms with van der Waals surface area (Å²) in [5.74, 6) is 0.338. The number of aromatic nitrogens is 4. The topological polar surface area (TPSA) is 78.8 Å². The number of nitrogens with zero attached hydrogens (tertiary/aromatic N) is 4. The lowest BCUT2D eigenvalue weighted by atomic mass is 9.97. The van der Waals surface area contributed by atoms with E-state index in [1.165, 1.54) is 0 Å². The summed E-state index contributed by atoms with van der Waals surface area (Å²) in [6, 6.07) is -0.514. The molecule has 31 heavy (non-hydrogen) atoms. The minimum absolute atomic E-state index is 0.0412. The van der Waals surface area contributed by atoms with E-state index in [2.05, 4.69) is 20.6 Å². The van der Waals surface area contributed by atoms with Crippen LogP contribution in [0.5, 0.6) is 0 Å². The Bertz CT molecular complexity index is 930. The number of anilines is 1. The van der Waals surface area contributed by atoms with Crippen LogP contribution in [-0.4, -0.2) is 49.5 Å². The molecule has 0 radical (unpaired) electrons. The molecule has 2 aromatic heterocycles. The number of amides is 1. The van der Waals surface area contributed by atoms with Crippen molar-refractivity contribution >= 4 is 11.7 Å². The third-order valence-electron chi connectivity index (χ3n) is 6.55. The van der Waals surface area contributed by atoms with Crippen LogP contribution in [0.3, 0.4) is 0 Å². The van der Waals surface area contributed by atoms with E-state index in [9.17, 15) is 18.0 Å². The lowest BCUT2D eigenvalue weighted by molar-refractivity contribution is -0.173. The van der Waals surface area contributed by atoms with Crippen molar-refractivity contribution in [3.63, 3.8) is 0 Å². The Hall–Kier alpha value is -2.52. The smallest absolute Gasteiger partial charge is 0.367 e. The van der Waals surface area contributed by atoms with E-state index in [0.717, 1.165) is 34.5 Å². The number of rotatable bonds is 4. The summed E-state index contributed by atoms with van der Waals surface area (Å²) in [5.41, 5.74) is 3.06. The van der Waals surface area contributed by atoms with Crippen LogP contribution in [0.15, 0.2) is 6.07 Å². The molecule has 0 bridgehead atoms. The van der Waals surface area contributed by atoms with Crippen LogP contribution in [0.4, 0.5) is 19.0 Å². The molecular formula is C21H29F3N6O. The minimum Gasteiger partial charge on any atom is -0.367 e. The zero-order valence-corrected chi connectivity index (χ0v) is 18.1. The molecule has 10 heteroatoms. The molecule has 2 aliphatic heterocycles. The van der Waals surface area contributed by atoms with Crippen molar-refractivity contribution in [1.82, 2.24) is 24.9 Å². The minimum atomic E-state index is -4.37. The maximum atomic E-state index is 13.7. The predicted octanol–water partition coefficient (Wildman–Crippen LogP) is 4.22. The highest BCUT2D eigenvalue weighted by Gasteiger charge is 2.46. The number of carbonyl (C=O) groups is 1. The van der Waals surface area contributed by atoms with Gasteiger partial charge in [-0.05, 0) is 46.0 Å². The van der Waals surface area contributed by atoms with Gasteiger partial charge in [0.25, 0.3) is 0 Å². The first kappa shape index (κ1) is 21.7. The van der Waals surface area contributed by atoms with Crippen molar-refractivity contribution in [1.29, 1.82) is 0 Å².